The highest BCUT2D eigenvalue weighted by molar-refractivity contribution is 5.78. The maximum absolute atomic E-state index is 12.8. The molecule has 3 fully saturated rings. The number of hydrogen-bond acceptors (Lipinski definition) is 2. The molecule has 0 bridgehead atoms. The summed E-state index contributed by atoms with van der Waals surface area (Å²) in [4.78, 5) is 29.6. The lowest BCUT2D eigenvalue weighted by Crippen LogP contribution is -2.55. The molecule has 0 aliphatic carbocycles. The first kappa shape index (κ1) is 23.5. The van der Waals surface area contributed by atoms with Crippen LogP contribution in [0.3, 0.4) is 0 Å². The molecule has 3 heterocycles. The van der Waals surface area contributed by atoms with Gasteiger partial charge < -0.3 is 18.8 Å². The van der Waals surface area contributed by atoms with Gasteiger partial charge in [0.05, 0.1) is 65.2 Å². The number of amides is 2. The van der Waals surface area contributed by atoms with Crippen molar-refractivity contribution in [3.8, 4) is 0 Å². The highest BCUT2D eigenvalue weighted by Gasteiger charge is 2.32. The van der Waals surface area contributed by atoms with Crippen molar-refractivity contribution in [1.82, 2.24) is 9.80 Å². The van der Waals surface area contributed by atoms with Crippen molar-refractivity contribution in [3.63, 3.8) is 0 Å². The predicted octanol–water partition coefficient (Wildman–Crippen LogP) is 2.48. The zero-order valence-corrected chi connectivity index (χ0v) is 19.7. The van der Waals surface area contributed by atoms with Gasteiger partial charge in [0.2, 0.25) is 11.8 Å². The predicted molar refractivity (Wildman–Crippen MR) is 121 cm³/mol. The van der Waals surface area contributed by atoms with Gasteiger partial charge in [0.15, 0.2) is 0 Å². The average Bonchev–Trinajstić information content (AvgIpc) is 2.82. The summed E-state index contributed by atoms with van der Waals surface area (Å²) in [6.07, 6.45) is 9.25. The fraction of sp³-hybridized carbons (Fsp3) is 0.917. The van der Waals surface area contributed by atoms with E-state index in [1.54, 1.807) is 0 Å². The lowest BCUT2D eigenvalue weighted by molar-refractivity contribution is -0.930. The number of quaternary nitrogens is 2. The molecule has 3 rings (SSSR count). The summed E-state index contributed by atoms with van der Waals surface area (Å²) >= 11 is 0. The Bertz CT molecular complexity index is 510. The molecule has 6 nitrogen and oxygen atoms in total. The largest absolute Gasteiger partial charge is 0.339 e. The number of piperidine rings is 2. The van der Waals surface area contributed by atoms with E-state index in [0.717, 1.165) is 35.1 Å². The van der Waals surface area contributed by atoms with Gasteiger partial charge in [0.1, 0.15) is 0 Å². The van der Waals surface area contributed by atoms with E-state index in [1.807, 2.05) is 9.80 Å². The van der Waals surface area contributed by atoms with E-state index >= 15 is 0 Å². The second-order valence-corrected chi connectivity index (χ2v) is 10.0. The van der Waals surface area contributed by atoms with Gasteiger partial charge in [0, 0.05) is 26.2 Å². The highest BCUT2D eigenvalue weighted by Crippen LogP contribution is 2.21. The number of piperazine rings is 1. The van der Waals surface area contributed by atoms with Crippen LogP contribution >= 0.6 is 0 Å². The van der Waals surface area contributed by atoms with Crippen molar-refractivity contribution in [1.29, 1.82) is 0 Å². The number of likely N-dealkylation sites (tertiary alicyclic amines) is 2. The van der Waals surface area contributed by atoms with Crippen molar-refractivity contribution in [2.45, 2.75) is 65.2 Å². The van der Waals surface area contributed by atoms with E-state index in [4.69, 9.17) is 0 Å². The fourth-order valence-electron chi connectivity index (χ4n) is 5.95. The molecule has 172 valence electrons. The van der Waals surface area contributed by atoms with E-state index in [0.29, 0.717) is 50.8 Å². The summed E-state index contributed by atoms with van der Waals surface area (Å²) in [6, 6.07) is 0. The Morgan fingerprint density at radius 3 is 1.23 bits per heavy atom. The van der Waals surface area contributed by atoms with Crippen molar-refractivity contribution in [3.05, 3.63) is 0 Å². The van der Waals surface area contributed by atoms with Gasteiger partial charge in [-0.3, -0.25) is 9.59 Å². The molecule has 0 N–H and O–H groups in total. The summed E-state index contributed by atoms with van der Waals surface area (Å²) < 4.78 is 2.25. The molecule has 0 aromatic rings. The highest BCUT2D eigenvalue weighted by atomic mass is 16.2. The van der Waals surface area contributed by atoms with E-state index in [9.17, 15) is 9.59 Å². The number of hydrogen-bond donors (Lipinski definition) is 0. The lowest BCUT2D eigenvalue weighted by Gasteiger charge is -2.42. The zero-order chi connectivity index (χ0) is 21.5. The standard InChI is InChI=1S/C24H46N4O2/c1-3-27(17-7-5-8-18-27)21-11-23(29)25-13-15-26(16-14-25)24(30)12-22-28(4-2)19-9-6-10-20-28/h3-22H2,1-2H3/q+2. The van der Waals surface area contributed by atoms with Crippen LogP contribution < -0.4 is 0 Å². The van der Waals surface area contributed by atoms with Crippen LogP contribution in [0.1, 0.15) is 65.2 Å². The van der Waals surface area contributed by atoms with E-state index < -0.39 is 0 Å². The molecular weight excluding hydrogens is 376 g/mol. The molecule has 0 radical (unpaired) electrons. The minimum absolute atomic E-state index is 0.294. The molecule has 0 aromatic heterocycles. The second kappa shape index (κ2) is 10.9. The van der Waals surface area contributed by atoms with Gasteiger partial charge in [0.25, 0.3) is 0 Å². The van der Waals surface area contributed by atoms with Crippen LogP contribution in [0.4, 0.5) is 0 Å². The Balaban J connectivity index is 1.39. The van der Waals surface area contributed by atoms with Crippen LogP contribution in [0.2, 0.25) is 0 Å². The van der Waals surface area contributed by atoms with Gasteiger partial charge in [-0.2, -0.15) is 0 Å². The molecule has 3 aliphatic heterocycles. The first-order valence-electron chi connectivity index (χ1n) is 12.8. The molecule has 0 aromatic carbocycles. The number of nitrogens with zero attached hydrogens (tertiary/aromatic N) is 4. The SMILES string of the molecule is CC[N+]1(CCC(=O)N2CCN(C(=O)CC[N+]3(CC)CCCCC3)CC2)CCCCC1. The third-order valence-electron chi connectivity index (χ3n) is 8.46. The quantitative estimate of drug-likeness (QED) is 0.564. The number of carbonyl (C=O) groups is 2. The van der Waals surface area contributed by atoms with Crippen LogP contribution in [0.5, 0.6) is 0 Å². The van der Waals surface area contributed by atoms with Crippen LogP contribution in [0.15, 0.2) is 0 Å². The molecule has 30 heavy (non-hydrogen) atoms. The zero-order valence-electron chi connectivity index (χ0n) is 19.7. The Labute approximate surface area is 184 Å². The van der Waals surface area contributed by atoms with Gasteiger partial charge in [-0.25, -0.2) is 0 Å². The normalized spacial score (nSPS) is 23.9. The van der Waals surface area contributed by atoms with Crippen molar-refractivity contribution >= 4 is 11.8 Å². The molecule has 2 amide bonds. The third-order valence-corrected chi connectivity index (χ3v) is 8.46. The number of rotatable bonds is 8. The Hall–Kier alpha value is -1.14. The molecule has 0 atom stereocenters. The third kappa shape index (κ3) is 5.97. The summed E-state index contributed by atoms with van der Waals surface area (Å²) in [7, 11) is 0. The molecule has 3 saturated heterocycles. The van der Waals surface area contributed by atoms with Crippen LogP contribution in [0, 0.1) is 0 Å². The molecule has 0 spiro atoms. The van der Waals surface area contributed by atoms with E-state index in [2.05, 4.69) is 13.8 Å². The van der Waals surface area contributed by atoms with E-state index in [1.165, 1.54) is 64.7 Å². The minimum atomic E-state index is 0.294. The first-order chi connectivity index (χ1) is 14.5. The monoisotopic (exact) mass is 422 g/mol. The molecule has 0 saturated carbocycles. The first-order valence-corrected chi connectivity index (χ1v) is 12.8. The average molecular weight is 423 g/mol. The lowest BCUT2D eigenvalue weighted by atomic mass is 10.1. The van der Waals surface area contributed by atoms with Gasteiger partial charge in [-0.15, -0.1) is 0 Å². The van der Waals surface area contributed by atoms with E-state index in [-0.39, 0.29) is 0 Å². The topological polar surface area (TPSA) is 40.6 Å². The fourth-order valence-corrected chi connectivity index (χ4v) is 5.95. The molecule has 6 heteroatoms. The van der Waals surface area contributed by atoms with Crippen molar-refractivity contribution in [2.24, 2.45) is 0 Å². The summed E-state index contributed by atoms with van der Waals surface area (Å²) in [6.45, 7) is 16.6. The van der Waals surface area contributed by atoms with Crippen LogP contribution in [-0.4, -0.2) is 109 Å². The second-order valence-electron chi connectivity index (χ2n) is 10.0. The summed E-state index contributed by atoms with van der Waals surface area (Å²) in [5.74, 6) is 0.588. The van der Waals surface area contributed by atoms with Gasteiger partial charge >= 0.3 is 0 Å². The molecule has 3 aliphatic rings. The Morgan fingerprint density at radius 2 is 0.933 bits per heavy atom. The van der Waals surface area contributed by atoms with Gasteiger partial charge in [-0.1, -0.05) is 0 Å². The minimum Gasteiger partial charge on any atom is -0.339 e. The maximum Gasteiger partial charge on any atom is 0.228 e. The van der Waals surface area contributed by atoms with Gasteiger partial charge in [-0.05, 0) is 52.4 Å². The molecular formula is C24H46N4O2+2. The number of carbonyl (C=O) groups excluding carboxylic acids is 2. The summed E-state index contributed by atoms with van der Waals surface area (Å²) in [5, 5.41) is 0. The molecule has 0 unspecified atom stereocenters. The van der Waals surface area contributed by atoms with Crippen LogP contribution in [-0.2, 0) is 9.59 Å². The van der Waals surface area contributed by atoms with Crippen LogP contribution in [0.25, 0.3) is 0 Å². The summed E-state index contributed by atoms with van der Waals surface area (Å²) in [5.41, 5.74) is 0. The smallest absolute Gasteiger partial charge is 0.228 e. The van der Waals surface area contributed by atoms with Crippen molar-refractivity contribution < 1.29 is 18.6 Å². The van der Waals surface area contributed by atoms with Crippen molar-refractivity contribution in [2.75, 3.05) is 78.5 Å². The Morgan fingerprint density at radius 1 is 0.600 bits per heavy atom. The maximum atomic E-state index is 12.8. The Kier molecular flexibility index (Phi) is 8.58.